The monoisotopic (exact) mass is 219 g/mol. The summed E-state index contributed by atoms with van der Waals surface area (Å²) in [7, 11) is -3.44. The van der Waals surface area contributed by atoms with Crippen LogP contribution in [0.2, 0.25) is 0 Å². The van der Waals surface area contributed by atoms with Crippen molar-refractivity contribution in [3.63, 3.8) is 0 Å². The fourth-order valence-corrected chi connectivity index (χ4v) is 2.70. The first-order valence-corrected chi connectivity index (χ1v) is 6.21. The standard InChI is InChI=1S/C8H13NO4S/c1-3-9-7(10)5-6(8(9)11)14(12,13)4-2/h6H,3-5H2,1-2H3. The van der Waals surface area contributed by atoms with Crippen LogP contribution in [-0.4, -0.2) is 42.7 Å². The highest BCUT2D eigenvalue weighted by molar-refractivity contribution is 7.92. The van der Waals surface area contributed by atoms with Crippen LogP contribution in [0.5, 0.6) is 0 Å². The van der Waals surface area contributed by atoms with Crippen LogP contribution in [0.25, 0.3) is 0 Å². The fourth-order valence-electron chi connectivity index (χ4n) is 1.47. The van der Waals surface area contributed by atoms with Gasteiger partial charge < -0.3 is 0 Å². The molecule has 5 nitrogen and oxygen atoms in total. The molecule has 0 aromatic rings. The van der Waals surface area contributed by atoms with Gasteiger partial charge in [0.15, 0.2) is 9.84 Å². The van der Waals surface area contributed by atoms with Crippen LogP contribution in [0.3, 0.4) is 0 Å². The quantitative estimate of drug-likeness (QED) is 0.604. The van der Waals surface area contributed by atoms with Gasteiger partial charge in [-0.05, 0) is 6.92 Å². The highest BCUT2D eigenvalue weighted by atomic mass is 32.2. The van der Waals surface area contributed by atoms with E-state index < -0.39 is 21.0 Å². The van der Waals surface area contributed by atoms with E-state index in [-0.39, 0.29) is 24.6 Å². The first-order chi connectivity index (χ1) is 6.44. The predicted octanol–water partition coefficient (Wildman–Crippen LogP) is -0.431. The third kappa shape index (κ3) is 1.66. The van der Waals surface area contributed by atoms with Crippen molar-refractivity contribution in [2.45, 2.75) is 25.5 Å². The summed E-state index contributed by atoms with van der Waals surface area (Å²) in [6.45, 7) is 3.37. The Hall–Kier alpha value is -0.910. The van der Waals surface area contributed by atoms with Crippen molar-refractivity contribution in [1.29, 1.82) is 0 Å². The second-order valence-corrected chi connectivity index (χ2v) is 5.59. The highest BCUT2D eigenvalue weighted by Crippen LogP contribution is 2.20. The van der Waals surface area contributed by atoms with Gasteiger partial charge in [-0.2, -0.15) is 0 Å². The molecule has 6 heteroatoms. The fraction of sp³-hybridized carbons (Fsp3) is 0.750. The topological polar surface area (TPSA) is 71.5 Å². The SMILES string of the molecule is CCN1C(=O)CC(S(=O)(=O)CC)C1=O. The summed E-state index contributed by atoms with van der Waals surface area (Å²) in [6.07, 6.45) is -0.192. The Morgan fingerprint density at radius 1 is 1.36 bits per heavy atom. The van der Waals surface area contributed by atoms with E-state index in [0.29, 0.717) is 0 Å². The summed E-state index contributed by atoms with van der Waals surface area (Å²) in [4.78, 5) is 23.7. The lowest BCUT2D eigenvalue weighted by Crippen LogP contribution is -2.35. The van der Waals surface area contributed by atoms with Gasteiger partial charge in [0.05, 0.1) is 6.42 Å². The molecule has 0 bridgehead atoms. The van der Waals surface area contributed by atoms with E-state index in [1.807, 2.05) is 0 Å². The number of hydrogen-bond acceptors (Lipinski definition) is 4. The average Bonchev–Trinajstić information content (AvgIpc) is 2.42. The molecule has 1 saturated heterocycles. The lowest BCUT2D eigenvalue weighted by Gasteiger charge is -2.11. The van der Waals surface area contributed by atoms with Crippen LogP contribution in [-0.2, 0) is 19.4 Å². The summed E-state index contributed by atoms with van der Waals surface area (Å²) in [5.41, 5.74) is 0. The van der Waals surface area contributed by atoms with Crippen LogP contribution >= 0.6 is 0 Å². The summed E-state index contributed by atoms with van der Waals surface area (Å²) >= 11 is 0. The highest BCUT2D eigenvalue weighted by Gasteiger charge is 2.44. The molecule has 1 aliphatic heterocycles. The van der Waals surface area contributed by atoms with Crippen molar-refractivity contribution >= 4 is 21.7 Å². The van der Waals surface area contributed by atoms with E-state index in [9.17, 15) is 18.0 Å². The molecule has 0 radical (unpaired) electrons. The molecule has 1 fully saturated rings. The van der Waals surface area contributed by atoms with E-state index in [1.165, 1.54) is 6.92 Å². The Balaban J connectivity index is 2.98. The maximum Gasteiger partial charge on any atom is 0.248 e. The minimum Gasteiger partial charge on any atom is -0.282 e. The second kappa shape index (κ2) is 3.68. The Labute approximate surface area is 83.0 Å². The van der Waals surface area contributed by atoms with Crippen molar-refractivity contribution in [3.8, 4) is 0 Å². The molecule has 1 rings (SSSR count). The predicted molar refractivity (Wildman–Crippen MR) is 50.3 cm³/mol. The minimum absolute atomic E-state index is 0.103. The van der Waals surface area contributed by atoms with Gasteiger partial charge in [0.2, 0.25) is 11.8 Å². The van der Waals surface area contributed by atoms with Gasteiger partial charge >= 0.3 is 0 Å². The lowest BCUT2D eigenvalue weighted by molar-refractivity contribution is -0.137. The Kier molecular flexibility index (Phi) is 2.94. The van der Waals surface area contributed by atoms with E-state index in [1.54, 1.807) is 6.92 Å². The van der Waals surface area contributed by atoms with Gasteiger partial charge in [0, 0.05) is 12.3 Å². The van der Waals surface area contributed by atoms with Crippen molar-refractivity contribution in [2.24, 2.45) is 0 Å². The lowest BCUT2D eigenvalue weighted by atomic mass is 10.4. The number of sulfone groups is 1. The molecule has 80 valence electrons. The van der Waals surface area contributed by atoms with Crippen molar-refractivity contribution < 1.29 is 18.0 Å². The Bertz CT molecular complexity index is 360. The van der Waals surface area contributed by atoms with Crippen LogP contribution in [0.15, 0.2) is 0 Å². The number of rotatable bonds is 3. The number of amides is 2. The summed E-state index contributed by atoms with van der Waals surface area (Å²) in [5, 5.41) is -1.14. The van der Waals surface area contributed by atoms with E-state index in [2.05, 4.69) is 0 Å². The molecule has 1 aliphatic rings. The van der Waals surface area contributed by atoms with Crippen molar-refractivity contribution in [3.05, 3.63) is 0 Å². The van der Waals surface area contributed by atoms with E-state index in [4.69, 9.17) is 0 Å². The summed E-state index contributed by atoms with van der Waals surface area (Å²) < 4.78 is 22.8. The smallest absolute Gasteiger partial charge is 0.248 e. The molecule has 0 spiro atoms. The first-order valence-electron chi connectivity index (χ1n) is 4.49. The van der Waals surface area contributed by atoms with Crippen LogP contribution in [0.4, 0.5) is 0 Å². The van der Waals surface area contributed by atoms with Gasteiger partial charge in [-0.1, -0.05) is 6.92 Å². The normalized spacial score (nSPS) is 23.3. The third-order valence-corrected chi connectivity index (χ3v) is 4.39. The van der Waals surface area contributed by atoms with Gasteiger partial charge in [-0.3, -0.25) is 14.5 Å². The second-order valence-electron chi connectivity index (χ2n) is 3.12. The molecular weight excluding hydrogens is 206 g/mol. The molecule has 2 amide bonds. The molecule has 0 aliphatic carbocycles. The molecule has 1 atom stereocenters. The molecule has 0 saturated carbocycles. The molecular formula is C8H13NO4S. The first kappa shape index (κ1) is 11.2. The molecule has 0 aromatic heterocycles. The summed E-state index contributed by atoms with van der Waals surface area (Å²) in [5.74, 6) is -1.06. The van der Waals surface area contributed by atoms with Gasteiger partial charge in [0.25, 0.3) is 0 Å². The number of nitrogens with zero attached hydrogens (tertiary/aromatic N) is 1. The van der Waals surface area contributed by atoms with E-state index >= 15 is 0 Å². The van der Waals surface area contributed by atoms with Crippen LogP contribution in [0.1, 0.15) is 20.3 Å². The molecule has 0 aromatic carbocycles. The number of imide groups is 1. The zero-order chi connectivity index (χ0) is 10.9. The molecule has 1 unspecified atom stereocenters. The average molecular weight is 219 g/mol. The minimum atomic E-state index is -3.44. The van der Waals surface area contributed by atoms with Gasteiger partial charge in [-0.25, -0.2) is 8.42 Å². The Morgan fingerprint density at radius 2 is 1.93 bits per heavy atom. The molecule has 0 N–H and O–H groups in total. The van der Waals surface area contributed by atoms with Crippen LogP contribution in [0, 0.1) is 0 Å². The third-order valence-electron chi connectivity index (χ3n) is 2.35. The van der Waals surface area contributed by atoms with Crippen molar-refractivity contribution in [1.82, 2.24) is 4.90 Å². The molecule has 1 heterocycles. The maximum absolute atomic E-state index is 11.5. The van der Waals surface area contributed by atoms with E-state index in [0.717, 1.165) is 4.90 Å². The summed E-state index contributed by atoms with van der Waals surface area (Å²) in [6, 6.07) is 0. The number of likely N-dealkylation sites (tertiary alicyclic amines) is 1. The Morgan fingerprint density at radius 3 is 2.29 bits per heavy atom. The molecule has 14 heavy (non-hydrogen) atoms. The number of carbonyl (C=O) groups is 2. The number of hydrogen-bond donors (Lipinski definition) is 0. The van der Waals surface area contributed by atoms with Gasteiger partial charge in [-0.15, -0.1) is 0 Å². The van der Waals surface area contributed by atoms with Crippen LogP contribution < -0.4 is 0 Å². The van der Waals surface area contributed by atoms with Gasteiger partial charge in [0.1, 0.15) is 5.25 Å². The van der Waals surface area contributed by atoms with Crippen molar-refractivity contribution in [2.75, 3.05) is 12.3 Å². The number of carbonyl (C=O) groups excluding carboxylic acids is 2. The largest absolute Gasteiger partial charge is 0.282 e. The zero-order valence-electron chi connectivity index (χ0n) is 8.19. The zero-order valence-corrected chi connectivity index (χ0v) is 9.00. The maximum atomic E-state index is 11.5.